The fraction of sp³-hybridized carbons (Fsp3) is 0.500. The molecule has 0 saturated heterocycles. The molecular weight excluding hydrogens is 283 g/mol. The van der Waals surface area contributed by atoms with Gasteiger partial charge in [0.25, 0.3) is 0 Å². The molecule has 2 rings (SSSR count). The van der Waals surface area contributed by atoms with Gasteiger partial charge in [-0.3, -0.25) is 4.68 Å². The smallest absolute Gasteiger partial charge is 0.370 e. The summed E-state index contributed by atoms with van der Waals surface area (Å²) in [7, 11) is 0. The molecule has 0 aliphatic carbocycles. The summed E-state index contributed by atoms with van der Waals surface area (Å²) in [5.74, 6) is 0. The van der Waals surface area contributed by atoms with Crippen LogP contribution in [0.25, 0.3) is 10.9 Å². The van der Waals surface area contributed by atoms with Crippen molar-refractivity contribution in [2.75, 3.05) is 19.8 Å². The second-order valence-electron chi connectivity index (χ2n) is 4.64. The molecule has 0 unspecified atom stereocenters. The lowest BCUT2D eigenvalue weighted by atomic mass is 10.2. The molecule has 1 aromatic heterocycles. The van der Waals surface area contributed by atoms with Crippen molar-refractivity contribution in [3.63, 3.8) is 0 Å². The Morgan fingerprint density at radius 2 is 2.05 bits per heavy atom. The summed E-state index contributed by atoms with van der Waals surface area (Å²) in [6, 6.07) is 7.67. The number of hydrogen-bond donors (Lipinski definition) is 1. The lowest BCUT2D eigenvalue weighted by Crippen LogP contribution is -2.19. The van der Waals surface area contributed by atoms with E-state index in [9.17, 15) is 13.2 Å². The molecule has 1 heterocycles. The molecule has 21 heavy (non-hydrogen) atoms. The van der Waals surface area contributed by atoms with E-state index < -0.39 is 12.8 Å². The summed E-state index contributed by atoms with van der Waals surface area (Å²) >= 11 is 0. The molecule has 7 heteroatoms. The van der Waals surface area contributed by atoms with Crippen molar-refractivity contribution in [3.05, 3.63) is 30.0 Å². The molecule has 0 bridgehead atoms. The van der Waals surface area contributed by atoms with Crippen LogP contribution in [0.4, 0.5) is 13.2 Å². The number of aromatic nitrogens is 2. The first-order chi connectivity index (χ1) is 10.0. The van der Waals surface area contributed by atoms with Crippen LogP contribution in [0.5, 0.6) is 0 Å². The molecule has 2 aromatic rings. The van der Waals surface area contributed by atoms with Crippen LogP contribution in [0.15, 0.2) is 24.3 Å². The van der Waals surface area contributed by atoms with Crippen molar-refractivity contribution in [2.45, 2.75) is 26.2 Å². The van der Waals surface area contributed by atoms with E-state index in [1.807, 2.05) is 31.2 Å². The first-order valence-electron chi connectivity index (χ1n) is 6.81. The fourth-order valence-electron chi connectivity index (χ4n) is 2.08. The van der Waals surface area contributed by atoms with E-state index >= 15 is 0 Å². The highest BCUT2D eigenvalue weighted by molar-refractivity contribution is 5.81. The minimum atomic E-state index is -4.29. The maximum absolute atomic E-state index is 12.0. The quantitative estimate of drug-likeness (QED) is 0.799. The number of alkyl halides is 3. The molecule has 0 radical (unpaired) electrons. The molecule has 0 fully saturated rings. The maximum Gasteiger partial charge on any atom is 0.411 e. The van der Waals surface area contributed by atoms with Crippen molar-refractivity contribution in [2.24, 2.45) is 0 Å². The Bertz CT molecular complexity index is 580. The summed E-state index contributed by atoms with van der Waals surface area (Å²) in [5.41, 5.74) is 1.80. The summed E-state index contributed by atoms with van der Waals surface area (Å²) in [5, 5.41) is 8.66. The number of halogens is 3. The second-order valence-corrected chi connectivity index (χ2v) is 4.64. The minimum absolute atomic E-state index is 0.0220. The van der Waals surface area contributed by atoms with E-state index in [-0.39, 0.29) is 6.61 Å². The van der Waals surface area contributed by atoms with Crippen LogP contribution in [0, 0.1) is 0 Å². The first kappa shape index (κ1) is 15.8. The normalized spacial score (nSPS) is 12.2. The average Bonchev–Trinajstić information content (AvgIpc) is 2.79. The van der Waals surface area contributed by atoms with Crippen LogP contribution >= 0.6 is 0 Å². The van der Waals surface area contributed by atoms with Crippen molar-refractivity contribution in [3.8, 4) is 0 Å². The number of ether oxygens (including phenoxy) is 1. The van der Waals surface area contributed by atoms with E-state index in [4.69, 9.17) is 0 Å². The monoisotopic (exact) mass is 301 g/mol. The van der Waals surface area contributed by atoms with Gasteiger partial charge in [-0.1, -0.05) is 25.1 Å². The molecule has 0 atom stereocenters. The fourth-order valence-corrected chi connectivity index (χ4v) is 2.08. The van der Waals surface area contributed by atoms with Gasteiger partial charge in [-0.15, -0.1) is 0 Å². The van der Waals surface area contributed by atoms with Gasteiger partial charge in [0.2, 0.25) is 0 Å². The number of rotatable bonds is 7. The summed E-state index contributed by atoms with van der Waals surface area (Å²) in [6.07, 6.45) is -4.29. The number of nitrogens with zero attached hydrogens (tertiary/aromatic N) is 2. The van der Waals surface area contributed by atoms with Gasteiger partial charge < -0.3 is 10.1 Å². The number of hydrogen-bond acceptors (Lipinski definition) is 3. The van der Waals surface area contributed by atoms with Crippen LogP contribution in [-0.4, -0.2) is 35.7 Å². The molecule has 0 spiro atoms. The third-order valence-corrected chi connectivity index (χ3v) is 2.99. The summed E-state index contributed by atoms with van der Waals surface area (Å²) in [6.45, 7) is 2.51. The molecule has 1 aromatic carbocycles. The van der Waals surface area contributed by atoms with E-state index in [0.717, 1.165) is 23.1 Å². The molecule has 0 amide bonds. The zero-order chi connectivity index (χ0) is 15.3. The van der Waals surface area contributed by atoms with E-state index in [1.54, 1.807) is 4.68 Å². The zero-order valence-electron chi connectivity index (χ0n) is 11.8. The molecule has 0 saturated carbocycles. The molecule has 0 aliphatic heterocycles. The van der Waals surface area contributed by atoms with Crippen LogP contribution in [0.3, 0.4) is 0 Å². The highest BCUT2D eigenvalue weighted by Crippen LogP contribution is 2.19. The minimum Gasteiger partial charge on any atom is -0.370 e. The van der Waals surface area contributed by atoms with Gasteiger partial charge in [-0.05, 0) is 12.6 Å². The number of benzene rings is 1. The van der Waals surface area contributed by atoms with Gasteiger partial charge in [0, 0.05) is 11.9 Å². The second kappa shape index (κ2) is 6.91. The Balaban J connectivity index is 2.05. The summed E-state index contributed by atoms with van der Waals surface area (Å²) in [4.78, 5) is 0. The molecule has 116 valence electrons. The van der Waals surface area contributed by atoms with Gasteiger partial charge >= 0.3 is 6.18 Å². The summed E-state index contributed by atoms with van der Waals surface area (Å²) < 4.78 is 42.4. The highest BCUT2D eigenvalue weighted by atomic mass is 19.4. The molecule has 4 nitrogen and oxygen atoms in total. The SMILES string of the molecule is CCNCc1nn(CCOCC(F)(F)F)c2ccccc12. The Morgan fingerprint density at radius 3 is 2.76 bits per heavy atom. The van der Waals surface area contributed by atoms with Gasteiger partial charge in [-0.2, -0.15) is 18.3 Å². The predicted molar refractivity (Wildman–Crippen MR) is 74.0 cm³/mol. The predicted octanol–water partition coefficient (Wildman–Crippen LogP) is 2.72. The Kier molecular flexibility index (Phi) is 5.19. The van der Waals surface area contributed by atoms with Gasteiger partial charge in [0.05, 0.1) is 24.4 Å². The van der Waals surface area contributed by atoms with Crippen LogP contribution < -0.4 is 5.32 Å². The van der Waals surface area contributed by atoms with E-state index in [2.05, 4.69) is 15.2 Å². The van der Waals surface area contributed by atoms with Gasteiger partial charge in [0.1, 0.15) is 6.61 Å². The lowest BCUT2D eigenvalue weighted by molar-refractivity contribution is -0.174. The topological polar surface area (TPSA) is 39.1 Å². The van der Waals surface area contributed by atoms with Crippen molar-refractivity contribution < 1.29 is 17.9 Å². The lowest BCUT2D eigenvalue weighted by Gasteiger charge is -2.08. The maximum atomic E-state index is 12.0. The number of para-hydroxylation sites is 1. The van der Waals surface area contributed by atoms with Gasteiger partial charge in [-0.25, -0.2) is 0 Å². The third kappa shape index (κ3) is 4.44. The van der Waals surface area contributed by atoms with E-state index in [0.29, 0.717) is 13.1 Å². The Labute approximate surface area is 120 Å². The van der Waals surface area contributed by atoms with E-state index in [1.165, 1.54) is 0 Å². The Hall–Kier alpha value is -1.60. The molecular formula is C14H18F3N3O. The largest absolute Gasteiger partial charge is 0.411 e. The Morgan fingerprint density at radius 1 is 1.29 bits per heavy atom. The first-order valence-corrected chi connectivity index (χ1v) is 6.81. The average molecular weight is 301 g/mol. The molecule has 1 N–H and O–H groups in total. The molecule has 0 aliphatic rings. The van der Waals surface area contributed by atoms with Crippen molar-refractivity contribution in [1.29, 1.82) is 0 Å². The van der Waals surface area contributed by atoms with Crippen molar-refractivity contribution >= 4 is 10.9 Å². The van der Waals surface area contributed by atoms with Crippen LogP contribution in [0.2, 0.25) is 0 Å². The van der Waals surface area contributed by atoms with Crippen molar-refractivity contribution in [1.82, 2.24) is 15.1 Å². The number of nitrogens with one attached hydrogen (secondary N) is 1. The third-order valence-electron chi connectivity index (χ3n) is 2.99. The van der Waals surface area contributed by atoms with Crippen LogP contribution in [0.1, 0.15) is 12.6 Å². The van der Waals surface area contributed by atoms with Gasteiger partial charge in [0.15, 0.2) is 0 Å². The highest BCUT2D eigenvalue weighted by Gasteiger charge is 2.27. The standard InChI is InChI=1S/C14H18F3N3O/c1-2-18-9-12-11-5-3-4-6-13(11)20(19-12)7-8-21-10-14(15,16)17/h3-6,18H,2,7-10H2,1H3. The zero-order valence-corrected chi connectivity index (χ0v) is 11.8. The number of fused-ring (bicyclic) bond motifs is 1. The van der Waals surface area contributed by atoms with Crippen LogP contribution in [-0.2, 0) is 17.8 Å².